The van der Waals surface area contributed by atoms with Gasteiger partial charge in [0.1, 0.15) is 21.6 Å². The number of aryl methyl sites for hydroxylation is 1. The Labute approximate surface area is 211 Å². The number of hydrogen-bond donors (Lipinski definition) is 3. The Kier molecular flexibility index (Phi) is 7.75. The molecule has 0 aromatic heterocycles. The summed E-state index contributed by atoms with van der Waals surface area (Å²) in [4.78, 5) is 11.6. The molecule has 0 saturated heterocycles. The lowest BCUT2D eigenvalue weighted by Crippen LogP contribution is -2.17. The summed E-state index contributed by atoms with van der Waals surface area (Å²) in [6.45, 7) is 0.376. The molecule has 4 N–H and O–H groups in total. The van der Waals surface area contributed by atoms with Crippen molar-refractivity contribution in [1.29, 1.82) is 0 Å². The number of anilines is 2. The highest BCUT2D eigenvalue weighted by molar-refractivity contribution is 7.89. The maximum absolute atomic E-state index is 12.6. The molecular formula is C24H24ClN3O5S2. The van der Waals surface area contributed by atoms with Crippen molar-refractivity contribution in [1.82, 2.24) is 0 Å². The van der Waals surface area contributed by atoms with Crippen LogP contribution in [0.25, 0.3) is 0 Å². The number of para-hydroxylation sites is 1. The van der Waals surface area contributed by atoms with Gasteiger partial charge in [0.2, 0.25) is 15.9 Å². The van der Waals surface area contributed by atoms with Gasteiger partial charge in [0, 0.05) is 22.9 Å². The third-order valence-electron chi connectivity index (χ3n) is 5.52. The van der Waals surface area contributed by atoms with Crippen molar-refractivity contribution in [3.8, 4) is 5.75 Å². The van der Waals surface area contributed by atoms with E-state index in [0.29, 0.717) is 36.6 Å². The summed E-state index contributed by atoms with van der Waals surface area (Å²) in [5.74, 6) is 0.775. The molecule has 3 aromatic carbocycles. The summed E-state index contributed by atoms with van der Waals surface area (Å²) in [5.41, 5.74) is 3.88. The summed E-state index contributed by atoms with van der Waals surface area (Å²) in [6, 6.07) is 17.1. The molecule has 1 amide bonds. The molecule has 0 saturated carbocycles. The first-order chi connectivity index (χ1) is 16.7. The average Bonchev–Trinajstić information content (AvgIpc) is 3.19. The maximum atomic E-state index is 12.6. The Morgan fingerprint density at radius 3 is 2.66 bits per heavy atom. The minimum atomic E-state index is -3.95. The first kappa shape index (κ1) is 25.2. The van der Waals surface area contributed by atoms with Crippen LogP contribution in [-0.4, -0.2) is 30.9 Å². The predicted octanol–water partition coefficient (Wildman–Crippen LogP) is 3.42. The lowest BCUT2D eigenvalue weighted by atomic mass is 10.0. The molecule has 35 heavy (non-hydrogen) atoms. The standard InChI is InChI=1S/C24H24ClN3O5S2/c25-18-9-8-17(11-13-34(30)28-21-5-1-2-7-23(21)35(26,31)32)22(14-18)33-12-10-16-4-3-6-20-19(16)15-24(29)27-20/h1-9,14,28H,10-13,15H2,(H,27,29)(H2,26,31,32). The lowest BCUT2D eigenvalue weighted by Gasteiger charge is -2.14. The van der Waals surface area contributed by atoms with Crippen LogP contribution in [0.2, 0.25) is 5.02 Å². The molecule has 1 unspecified atom stereocenters. The van der Waals surface area contributed by atoms with Gasteiger partial charge < -0.3 is 14.8 Å². The van der Waals surface area contributed by atoms with Crippen LogP contribution in [0.4, 0.5) is 11.4 Å². The van der Waals surface area contributed by atoms with E-state index < -0.39 is 21.0 Å². The third-order valence-corrected chi connectivity index (χ3v) is 7.74. The van der Waals surface area contributed by atoms with Crippen molar-refractivity contribution in [2.75, 3.05) is 22.4 Å². The second-order valence-corrected chi connectivity index (χ2v) is 11.2. The zero-order valence-electron chi connectivity index (χ0n) is 18.6. The summed E-state index contributed by atoms with van der Waals surface area (Å²) in [6.07, 6.45) is 1.38. The number of nitrogens with two attached hydrogens (primary N) is 1. The number of carbonyl (C=O) groups excluding carboxylic acids is 1. The number of hydrogen-bond acceptors (Lipinski definition) is 5. The number of fused-ring (bicyclic) bond motifs is 1. The highest BCUT2D eigenvalue weighted by atomic mass is 35.5. The van der Waals surface area contributed by atoms with Gasteiger partial charge in [-0.25, -0.2) is 17.8 Å². The van der Waals surface area contributed by atoms with Gasteiger partial charge >= 0.3 is 0 Å². The maximum Gasteiger partial charge on any atom is 0.240 e. The van der Waals surface area contributed by atoms with Gasteiger partial charge in [0.25, 0.3) is 0 Å². The molecule has 0 spiro atoms. The van der Waals surface area contributed by atoms with E-state index in [1.165, 1.54) is 12.1 Å². The van der Waals surface area contributed by atoms with Crippen LogP contribution in [0, 0.1) is 0 Å². The minimum Gasteiger partial charge on any atom is -0.493 e. The topological polar surface area (TPSA) is 128 Å². The van der Waals surface area contributed by atoms with E-state index in [-0.39, 0.29) is 22.2 Å². The number of ether oxygens (including phenoxy) is 1. The van der Waals surface area contributed by atoms with Crippen LogP contribution in [0.1, 0.15) is 16.7 Å². The number of amides is 1. The molecule has 0 fully saturated rings. The van der Waals surface area contributed by atoms with E-state index >= 15 is 0 Å². The number of sulfonamides is 1. The summed E-state index contributed by atoms with van der Waals surface area (Å²) in [7, 11) is -5.52. The second-order valence-electron chi connectivity index (χ2n) is 7.96. The SMILES string of the molecule is NS(=O)(=O)c1ccccc1NS(=O)CCc1ccc(Cl)cc1OCCc1cccc2c1CC(=O)N2. The van der Waals surface area contributed by atoms with Gasteiger partial charge in [-0.1, -0.05) is 41.9 Å². The quantitative estimate of drug-likeness (QED) is 0.368. The molecular weight excluding hydrogens is 510 g/mol. The minimum absolute atomic E-state index is 0.0150. The number of benzene rings is 3. The smallest absolute Gasteiger partial charge is 0.240 e. The first-order valence-electron chi connectivity index (χ1n) is 10.8. The van der Waals surface area contributed by atoms with Gasteiger partial charge in [0.05, 0.1) is 18.7 Å². The number of primary sulfonamides is 1. The fraction of sp³-hybridized carbons (Fsp3) is 0.208. The molecule has 1 aliphatic rings. The Morgan fingerprint density at radius 1 is 1.06 bits per heavy atom. The summed E-state index contributed by atoms with van der Waals surface area (Å²) < 4.78 is 44.9. The monoisotopic (exact) mass is 533 g/mol. The Hall–Kier alpha value is -2.92. The molecule has 0 bridgehead atoms. The van der Waals surface area contributed by atoms with E-state index in [9.17, 15) is 17.4 Å². The van der Waals surface area contributed by atoms with Gasteiger partial charge in [-0.05, 0) is 53.4 Å². The van der Waals surface area contributed by atoms with Crippen molar-refractivity contribution in [3.05, 3.63) is 82.4 Å². The fourth-order valence-corrected chi connectivity index (χ4v) is 5.72. The highest BCUT2D eigenvalue weighted by Gasteiger charge is 2.20. The number of carbonyl (C=O) groups is 1. The van der Waals surface area contributed by atoms with E-state index in [0.717, 1.165) is 22.4 Å². The van der Waals surface area contributed by atoms with Crippen LogP contribution in [0.5, 0.6) is 5.75 Å². The first-order valence-corrected chi connectivity index (χ1v) is 14.0. The summed E-state index contributed by atoms with van der Waals surface area (Å²) in [5, 5.41) is 8.60. The molecule has 0 aliphatic carbocycles. The van der Waals surface area contributed by atoms with Crippen molar-refractivity contribution in [2.45, 2.75) is 24.2 Å². The summed E-state index contributed by atoms with van der Waals surface area (Å²) >= 11 is 6.17. The zero-order valence-corrected chi connectivity index (χ0v) is 21.0. The van der Waals surface area contributed by atoms with Gasteiger partial charge in [0.15, 0.2) is 0 Å². The van der Waals surface area contributed by atoms with E-state index in [1.807, 2.05) is 24.3 Å². The fourth-order valence-electron chi connectivity index (χ4n) is 3.87. The largest absolute Gasteiger partial charge is 0.493 e. The van der Waals surface area contributed by atoms with Crippen LogP contribution in [0.3, 0.4) is 0 Å². The third kappa shape index (κ3) is 6.40. The Bertz CT molecular complexity index is 1400. The van der Waals surface area contributed by atoms with Gasteiger partial charge in [-0.3, -0.25) is 4.79 Å². The van der Waals surface area contributed by atoms with Crippen molar-refractivity contribution in [3.63, 3.8) is 0 Å². The molecule has 3 aromatic rings. The van der Waals surface area contributed by atoms with Crippen LogP contribution >= 0.6 is 11.6 Å². The lowest BCUT2D eigenvalue weighted by molar-refractivity contribution is -0.115. The molecule has 184 valence electrons. The number of nitrogens with one attached hydrogen (secondary N) is 2. The molecule has 1 aliphatic heterocycles. The molecule has 1 atom stereocenters. The van der Waals surface area contributed by atoms with E-state index in [4.69, 9.17) is 21.5 Å². The predicted molar refractivity (Wildman–Crippen MR) is 138 cm³/mol. The number of rotatable bonds is 10. The van der Waals surface area contributed by atoms with Gasteiger partial charge in [-0.2, -0.15) is 0 Å². The normalized spacial score (nSPS) is 13.7. The molecule has 1 heterocycles. The highest BCUT2D eigenvalue weighted by Crippen LogP contribution is 2.28. The van der Waals surface area contributed by atoms with Crippen molar-refractivity contribution in [2.24, 2.45) is 5.14 Å². The molecule has 11 heteroatoms. The molecule has 4 rings (SSSR count). The molecule has 8 nitrogen and oxygen atoms in total. The number of halogens is 1. The van der Waals surface area contributed by atoms with Crippen LogP contribution in [-0.2, 0) is 45.1 Å². The van der Waals surface area contributed by atoms with E-state index in [1.54, 1.807) is 24.3 Å². The van der Waals surface area contributed by atoms with E-state index in [2.05, 4.69) is 10.0 Å². The van der Waals surface area contributed by atoms with Gasteiger partial charge in [-0.15, -0.1) is 0 Å². The second kappa shape index (κ2) is 10.8. The molecule has 0 radical (unpaired) electrons. The zero-order chi connectivity index (χ0) is 25.0. The van der Waals surface area contributed by atoms with Crippen molar-refractivity contribution < 1.29 is 22.2 Å². The Morgan fingerprint density at radius 2 is 1.86 bits per heavy atom. The van der Waals surface area contributed by atoms with Crippen molar-refractivity contribution >= 4 is 49.9 Å². The van der Waals surface area contributed by atoms with Crippen LogP contribution < -0.4 is 19.9 Å². The van der Waals surface area contributed by atoms with Crippen LogP contribution in [0.15, 0.2) is 65.6 Å². The average molecular weight is 534 g/mol. The Balaban J connectivity index is 1.39.